The second-order valence-electron chi connectivity index (χ2n) is 11.9. The summed E-state index contributed by atoms with van der Waals surface area (Å²) in [7, 11) is 1.65. The largest absolute Gasteiger partial charge is 0.507 e. The van der Waals surface area contributed by atoms with Crippen molar-refractivity contribution in [2.75, 3.05) is 20.2 Å². The number of phenols is 1. The van der Waals surface area contributed by atoms with Crippen LogP contribution in [0.15, 0.2) is 42.0 Å². The maximum Gasteiger partial charge on any atom is 0.182 e. The average Bonchev–Trinajstić information content (AvgIpc) is 3.06. The van der Waals surface area contributed by atoms with E-state index in [0.29, 0.717) is 17.9 Å². The van der Waals surface area contributed by atoms with Crippen molar-refractivity contribution in [1.82, 2.24) is 4.90 Å². The van der Waals surface area contributed by atoms with Crippen molar-refractivity contribution < 1.29 is 14.6 Å². The van der Waals surface area contributed by atoms with Crippen molar-refractivity contribution in [2.45, 2.75) is 72.1 Å². The van der Waals surface area contributed by atoms with Gasteiger partial charge in [-0.2, -0.15) is 0 Å². The van der Waals surface area contributed by atoms with Gasteiger partial charge in [-0.1, -0.05) is 67.0 Å². The van der Waals surface area contributed by atoms with Crippen LogP contribution in [-0.2, 0) is 10.8 Å². The van der Waals surface area contributed by atoms with E-state index in [1.54, 1.807) is 7.11 Å². The lowest BCUT2D eigenvalue weighted by atomic mass is 9.78. The summed E-state index contributed by atoms with van der Waals surface area (Å²) in [5, 5.41) is 20.0. The summed E-state index contributed by atoms with van der Waals surface area (Å²) in [5.74, 6) is 1.64. The molecular formula is C31H42N2O3. The summed E-state index contributed by atoms with van der Waals surface area (Å²) in [6.07, 6.45) is 4.03. The van der Waals surface area contributed by atoms with Gasteiger partial charge in [0.15, 0.2) is 5.78 Å². The standard InChI is InChI=1S/C31H42N2O3/c1-9-11-21-18-33(29(32)24(21)15-20-12-10-13-23(14-20)36-8)19-27(34)22-16-25(30(2,3)4)28(35)26(17-22)31(5,6)7/h10,12-17,21,32,35H,9,11,18-19H2,1-8H3/b24-15-,32-29?. The maximum absolute atomic E-state index is 13.6. The third kappa shape index (κ3) is 6.00. The van der Waals surface area contributed by atoms with Gasteiger partial charge < -0.3 is 14.7 Å². The number of carbonyl (C=O) groups excluding carboxylic acids is 1. The molecule has 5 nitrogen and oxygen atoms in total. The van der Waals surface area contributed by atoms with Crippen LogP contribution in [0.4, 0.5) is 0 Å². The molecule has 1 heterocycles. The number of methoxy groups -OCH3 is 1. The highest BCUT2D eigenvalue weighted by atomic mass is 16.5. The fraction of sp³-hybridized carbons (Fsp3) is 0.484. The smallest absolute Gasteiger partial charge is 0.182 e. The Morgan fingerprint density at radius 1 is 1.11 bits per heavy atom. The predicted molar refractivity (Wildman–Crippen MR) is 149 cm³/mol. The molecule has 0 radical (unpaired) electrons. The third-order valence-electron chi connectivity index (χ3n) is 6.91. The van der Waals surface area contributed by atoms with Crippen LogP contribution in [0.5, 0.6) is 11.5 Å². The van der Waals surface area contributed by atoms with Crippen LogP contribution in [0.3, 0.4) is 0 Å². The first kappa shape index (κ1) is 27.5. The molecule has 3 rings (SSSR count). The SMILES string of the molecule is CCCC1CN(CC(=O)c2cc(C(C)(C)C)c(O)c(C(C)(C)C)c2)C(=N)/C1=C\c1cccc(OC)c1. The molecule has 0 aliphatic carbocycles. The number of phenolic OH excluding ortho intramolecular Hbond substituents is 1. The molecule has 1 aliphatic heterocycles. The average molecular weight is 491 g/mol. The molecule has 0 saturated carbocycles. The Morgan fingerprint density at radius 3 is 2.25 bits per heavy atom. The Balaban J connectivity index is 1.94. The summed E-state index contributed by atoms with van der Waals surface area (Å²) in [6.45, 7) is 15.2. The number of Topliss-reactive ketones (excluding diaryl/α,β-unsaturated/α-hetero) is 1. The van der Waals surface area contributed by atoms with Crippen molar-refractivity contribution in [3.8, 4) is 11.5 Å². The highest BCUT2D eigenvalue weighted by molar-refractivity contribution is 6.06. The number of benzene rings is 2. The van der Waals surface area contributed by atoms with Crippen molar-refractivity contribution in [3.63, 3.8) is 0 Å². The number of nitrogens with one attached hydrogen (secondary N) is 1. The minimum atomic E-state index is -0.306. The Hall–Kier alpha value is -3.08. The van der Waals surface area contributed by atoms with E-state index in [2.05, 4.69) is 13.0 Å². The molecule has 1 aliphatic rings. The van der Waals surface area contributed by atoms with Gasteiger partial charge in [-0.3, -0.25) is 10.2 Å². The zero-order chi connectivity index (χ0) is 26.8. The third-order valence-corrected chi connectivity index (χ3v) is 6.91. The molecule has 0 aromatic heterocycles. The monoisotopic (exact) mass is 490 g/mol. The van der Waals surface area contributed by atoms with Gasteiger partial charge >= 0.3 is 0 Å². The minimum Gasteiger partial charge on any atom is -0.507 e. The molecular weight excluding hydrogens is 448 g/mol. The number of nitrogens with zero attached hydrogens (tertiary/aromatic N) is 1. The number of carbonyl (C=O) groups is 1. The van der Waals surface area contributed by atoms with Crippen LogP contribution in [0.2, 0.25) is 0 Å². The molecule has 36 heavy (non-hydrogen) atoms. The van der Waals surface area contributed by atoms with Gasteiger partial charge in [0.25, 0.3) is 0 Å². The Bertz CT molecular complexity index is 1130. The number of aromatic hydroxyl groups is 1. The summed E-state index contributed by atoms with van der Waals surface area (Å²) in [6, 6.07) is 11.5. The number of amidine groups is 1. The van der Waals surface area contributed by atoms with Crippen LogP contribution in [0.1, 0.15) is 88.4 Å². The minimum absolute atomic E-state index is 0.0337. The molecule has 194 valence electrons. The molecule has 0 amide bonds. The first-order valence-corrected chi connectivity index (χ1v) is 12.9. The summed E-state index contributed by atoms with van der Waals surface area (Å²) < 4.78 is 5.36. The number of rotatable bonds is 7. The lowest BCUT2D eigenvalue weighted by molar-refractivity contribution is 0.0963. The number of ether oxygens (including phenoxy) is 1. The maximum atomic E-state index is 13.6. The fourth-order valence-corrected chi connectivity index (χ4v) is 4.87. The molecule has 1 atom stereocenters. The van der Waals surface area contributed by atoms with E-state index in [4.69, 9.17) is 10.1 Å². The fourth-order valence-electron chi connectivity index (χ4n) is 4.87. The Morgan fingerprint density at radius 2 is 1.72 bits per heavy atom. The normalized spacial score (nSPS) is 17.7. The van der Waals surface area contributed by atoms with Crippen LogP contribution >= 0.6 is 0 Å². The Labute approximate surface area is 216 Å². The van der Waals surface area contributed by atoms with Crippen molar-refractivity contribution in [2.24, 2.45) is 5.92 Å². The number of likely N-dealkylation sites (tertiary alicyclic amines) is 1. The molecule has 1 fully saturated rings. The topological polar surface area (TPSA) is 73.6 Å². The van der Waals surface area contributed by atoms with E-state index in [-0.39, 0.29) is 34.8 Å². The summed E-state index contributed by atoms with van der Waals surface area (Å²) in [4.78, 5) is 15.5. The summed E-state index contributed by atoms with van der Waals surface area (Å²) in [5.41, 5.74) is 3.49. The highest BCUT2D eigenvalue weighted by Crippen LogP contribution is 2.40. The highest BCUT2D eigenvalue weighted by Gasteiger charge is 2.34. The Kier molecular flexibility index (Phi) is 8.02. The van der Waals surface area contributed by atoms with Crippen LogP contribution < -0.4 is 4.74 Å². The molecule has 2 aromatic carbocycles. The number of hydrogen-bond donors (Lipinski definition) is 2. The van der Waals surface area contributed by atoms with E-state index in [1.165, 1.54) is 0 Å². The van der Waals surface area contributed by atoms with Crippen molar-refractivity contribution in [1.29, 1.82) is 5.41 Å². The predicted octanol–water partition coefficient (Wildman–Crippen LogP) is 6.97. The van der Waals surface area contributed by atoms with Gasteiger partial charge in [0.1, 0.15) is 17.3 Å². The summed E-state index contributed by atoms with van der Waals surface area (Å²) >= 11 is 0. The van der Waals surface area contributed by atoms with Gasteiger partial charge in [0, 0.05) is 29.2 Å². The van der Waals surface area contributed by atoms with Crippen LogP contribution in [0.25, 0.3) is 6.08 Å². The quantitative estimate of drug-likeness (QED) is 0.411. The van der Waals surface area contributed by atoms with E-state index in [1.807, 2.05) is 82.8 Å². The van der Waals surface area contributed by atoms with E-state index in [0.717, 1.165) is 40.9 Å². The lowest BCUT2D eigenvalue weighted by Crippen LogP contribution is -2.31. The van der Waals surface area contributed by atoms with Gasteiger partial charge in [0.2, 0.25) is 0 Å². The van der Waals surface area contributed by atoms with E-state index in [9.17, 15) is 9.90 Å². The van der Waals surface area contributed by atoms with Gasteiger partial charge in [-0.25, -0.2) is 0 Å². The van der Waals surface area contributed by atoms with E-state index < -0.39 is 0 Å². The molecule has 5 heteroatoms. The second-order valence-corrected chi connectivity index (χ2v) is 11.9. The lowest BCUT2D eigenvalue weighted by Gasteiger charge is -2.28. The molecule has 2 N–H and O–H groups in total. The van der Waals surface area contributed by atoms with E-state index >= 15 is 0 Å². The molecule has 0 bridgehead atoms. The zero-order valence-electron chi connectivity index (χ0n) is 23.2. The van der Waals surface area contributed by atoms with Crippen molar-refractivity contribution in [3.05, 3.63) is 64.2 Å². The van der Waals surface area contributed by atoms with Gasteiger partial charge in [-0.15, -0.1) is 0 Å². The van der Waals surface area contributed by atoms with Crippen LogP contribution in [-0.4, -0.2) is 41.8 Å². The second kappa shape index (κ2) is 10.5. The van der Waals surface area contributed by atoms with Crippen LogP contribution in [0, 0.1) is 11.3 Å². The van der Waals surface area contributed by atoms with Gasteiger partial charge in [0.05, 0.1) is 13.7 Å². The number of hydrogen-bond acceptors (Lipinski definition) is 4. The molecule has 1 saturated heterocycles. The molecule has 0 spiro atoms. The van der Waals surface area contributed by atoms with Gasteiger partial charge in [-0.05, 0) is 58.7 Å². The first-order chi connectivity index (χ1) is 16.8. The molecule has 1 unspecified atom stereocenters. The zero-order valence-corrected chi connectivity index (χ0v) is 23.2. The first-order valence-electron chi connectivity index (χ1n) is 12.9. The number of ketones is 1. The molecule has 2 aromatic rings. The van der Waals surface area contributed by atoms with Crippen molar-refractivity contribution >= 4 is 17.7 Å².